The lowest BCUT2D eigenvalue weighted by Crippen LogP contribution is -2.38. The predicted octanol–water partition coefficient (Wildman–Crippen LogP) is 3.44. The van der Waals surface area contributed by atoms with Gasteiger partial charge in [-0.25, -0.2) is 0 Å². The molecule has 1 N–H and O–H groups in total. The molecule has 0 heterocycles. The van der Waals surface area contributed by atoms with Gasteiger partial charge in [0, 0.05) is 0 Å². The second kappa shape index (κ2) is 5.10. The Morgan fingerprint density at radius 1 is 1.05 bits per heavy atom. The van der Waals surface area contributed by atoms with Crippen LogP contribution in [0.3, 0.4) is 0 Å². The fraction of sp³-hybridized carbons (Fsp3) is 0.364. The summed E-state index contributed by atoms with van der Waals surface area (Å²) in [6.07, 6.45) is -9.54. The second-order valence-corrected chi connectivity index (χ2v) is 3.81. The summed E-state index contributed by atoms with van der Waals surface area (Å²) >= 11 is 0. The summed E-state index contributed by atoms with van der Waals surface area (Å²) in [5.41, 5.74) is -0.767. The maximum absolute atomic E-state index is 12.3. The zero-order chi connectivity index (χ0) is 14.8. The van der Waals surface area contributed by atoms with Crippen LogP contribution in [0.1, 0.15) is 24.1 Å². The Morgan fingerprint density at radius 2 is 1.53 bits per heavy atom. The van der Waals surface area contributed by atoms with Gasteiger partial charge >= 0.3 is 18.3 Å². The number of amides is 1. The van der Waals surface area contributed by atoms with Gasteiger partial charge in [0.1, 0.15) is 0 Å². The maximum atomic E-state index is 12.3. The van der Waals surface area contributed by atoms with Crippen LogP contribution in [0.5, 0.6) is 0 Å². The van der Waals surface area contributed by atoms with E-state index in [-0.39, 0.29) is 5.56 Å². The first-order chi connectivity index (χ1) is 8.51. The topological polar surface area (TPSA) is 29.1 Å². The third kappa shape index (κ3) is 4.15. The monoisotopic (exact) mass is 285 g/mol. The minimum Gasteiger partial charge on any atom is -0.342 e. The highest BCUT2D eigenvalue weighted by Crippen LogP contribution is 2.30. The van der Waals surface area contributed by atoms with Crippen molar-refractivity contribution in [3.8, 4) is 0 Å². The van der Waals surface area contributed by atoms with Gasteiger partial charge in [0.05, 0.1) is 11.6 Å². The average Bonchev–Trinajstić information content (AvgIpc) is 2.26. The van der Waals surface area contributed by atoms with Crippen molar-refractivity contribution in [1.29, 1.82) is 0 Å². The minimum absolute atomic E-state index is 0.144. The quantitative estimate of drug-likeness (QED) is 0.828. The number of alkyl halides is 6. The molecule has 0 spiro atoms. The molecule has 0 aliphatic carbocycles. The van der Waals surface area contributed by atoms with Crippen LogP contribution in [0.15, 0.2) is 24.3 Å². The van der Waals surface area contributed by atoms with Crippen molar-refractivity contribution >= 4 is 5.91 Å². The highest BCUT2D eigenvalue weighted by molar-refractivity contribution is 5.82. The van der Waals surface area contributed by atoms with Crippen molar-refractivity contribution in [3.05, 3.63) is 35.4 Å². The van der Waals surface area contributed by atoms with E-state index in [9.17, 15) is 31.1 Å². The Kier molecular flexibility index (Phi) is 4.12. The molecule has 19 heavy (non-hydrogen) atoms. The van der Waals surface area contributed by atoms with E-state index in [1.807, 2.05) is 0 Å². The second-order valence-electron chi connectivity index (χ2n) is 3.81. The Morgan fingerprint density at radius 3 is 1.89 bits per heavy atom. The molecule has 0 aliphatic heterocycles. The Hall–Kier alpha value is -1.73. The summed E-state index contributed by atoms with van der Waals surface area (Å²) in [5.74, 6) is -2.14. The van der Waals surface area contributed by atoms with E-state index in [4.69, 9.17) is 0 Å². The van der Waals surface area contributed by atoms with E-state index in [0.717, 1.165) is 24.3 Å². The largest absolute Gasteiger partial charge is 0.471 e. The van der Waals surface area contributed by atoms with E-state index < -0.39 is 29.9 Å². The summed E-state index contributed by atoms with van der Waals surface area (Å²) in [6.45, 7) is 1.24. The van der Waals surface area contributed by atoms with Crippen LogP contribution < -0.4 is 5.32 Å². The van der Waals surface area contributed by atoms with Crippen LogP contribution >= 0.6 is 0 Å². The standard InChI is InChI=1S/C11H9F6NO/c1-6(18-9(19)11(15,16)17)7-2-4-8(5-3-7)10(12,13)14/h2-6H,1H3,(H,18,19)/t6-/m1/s1. The molecule has 106 valence electrons. The molecule has 0 fully saturated rings. The van der Waals surface area contributed by atoms with Gasteiger partial charge in [0.15, 0.2) is 0 Å². The molecule has 2 nitrogen and oxygen atoms in total. The van der Waals surface area contributed by atoms with Crippen LogP contribution in [0.4, 0.5) is 26.3 Å². The first-order valence-corrected chi connectivity index (χ1v) is 5.06. The van der Waals surface area contributed by atoms with Gasteiger partial charge in [-0.2, -0.15) is 26.3 Å². The number of benzene rings is 1. The number of hydrogen-bond acceptors (Lipinski definition) is 1. The molecule has 8 heteroatoms. The summed E-state index contributed by atoms with van der Waals surface area (Å²) in [6, 6.07) is 2.47. The van der Waals surface area contributed by atoms with E-state index in [2.05, 4.69) is 0 Å². The summed E-state index contributed by atoms with van der Waals surface area (Å²) < 4.78 is 72.8. The molecule has 0 radical (unpaired) electrons. The Balaban J connectivity index is 2.79. The van der Waals surface area contributed by atoms with Gasteiger partial charge < -0.3 is 5.32 Å². The lowest BCUT2D eigenvalue weighted by molar-refractivity contribution is -0.174. The lowest BCUT2D eigenvalue weighted by atomic mass is 10.1. The zero-order valence-corrected chi connectivity index (χ0v) is 9.56. The van der Waals surface area contributed by atoms with E-state index in [1.54, 1.807) is 5.32 Å². The number of nitrogens with one attached hydrogen (secondary N) is 1. The number of rotatable bonds is 2. The van der Waals surface area contributed by atoms with Crippen LogP contribution in [-0.2, 0) is 11.0 Å². The summed E-state index contributed by atoms with van der Waals surface area (Å²) in [7, 11) is 0. The van der Waals surface area contributed by atoms with Gasteiger partial charge in [-0.3, -0.25) is 4.79 Å². The molecule has 1 rings (SSSR count). The van der Waals surface area contributed by atoms with Crippen LogP contribution in [-0.4, -0.2) is 12.1 Å². The number of hydrogen-bond donors (Lipinski definition) is 1. The normalized spacial score (nSPS) is 14.1. The highest BCUT2D eigenvalue weighted by Gasteiger charge is 2.39. The molecule has 0 unspecified atom stereocenters. The van der Waals surface area contributed by atoms with Gasteiger partial charge in [-0.15, -0.1) is 0 Å². The van der Waals surface area contributed by atoms with Crippen LogP contribution in [0.25, 0.3) is 0 Å². The lowest BCUT2D eigenvalue weighted by Gasteiger charge is -2.16. The van der Waals surface area contributed by atoms with E-state index in [0.29, 0.717) is 0 Å². The molecular weight excluding hydrogens is 276 g/mol. The van der Waals surface area contributed by atoms with Gasteiger partial charge in [-0.05, 0) is 24.6 Å². The highest BCUT2D eigenvalue weighted by atomic mass is 19.4. The van der Waals surface area contributed by atoms with Crippen LogP contribution in [0, 0.1) is 0 Å². The summed E-state index contributed by atoms with van der Waals surface area (Å²) in [4.78, 5) is 10.7. The third-order valence-electron chi connectivity index (χ3n) is 2.34. The van der Waals surface area contributed by atoms with Crippen molar-refractivity contribution in [2.24, 2.45) is 0 Å². The Bertz CT molecular complexity index is 448. The molecule has 1 atom stereocenters. The molecule has 0 bridgehead atoms. The molecule has 1 amide bonds. The minimum atomic E-state index is -5.03. The molecule has 0 aromatic heterocycles. The smallest absolute Gasteiger partial charge is 0.342 e. The molecule has 0 saturated heterocycles. The fourth-order valence-electron chi connectivity index (χ4n) is 1.32. The predicted molar refractivity (Wildman–Crippen MR) is 54.1 cm³/mol. The number of carbonyl (C=O) groups excluding carboxylic acids is 1. The molecule has 1 aromatic carbocycles. The number of carbonyl (C=O) groups is 1. The van der Waals surface area contributed by atoms with Gasteiger partial charge in [0.2, 0.25) is 0 Å². The van der Waals surface area contributed by atoms with Crippen molar-refractivity contribution < 1.29 is 31.1 Å². The third-order valence-corrected chi connectivity index (χ3v) is 2.34. The average molecular weight is 285 g/mol. The first-order valence-electron chi connectivity index (χ1n) is 5.06. The van der Waals surface area contributed by atoms with Crippen LogP contribution in [0.2, 0.25) is 0 Å². The summed E-state index contributed by atoms with van der Waals surface area (Å²) in [5, 5.41) is 1.65. The van der Waals surface area contributed by atoms with Crippen molar-refractivity contribution in [3.63, 3.8) is 0 Å². The van der Waals surface area contributed by atoms with E-state index in [1.165, 1.54) is 6.92 Å². The SMILES string of the molecule is C[C@@H](NC(=O)C(F)(F)F)c1ccc(C(F)(F)F)cc1. The first kappa shape index (κ1) is 15.3. The van der Waals surface area contributed by atoms with Crippen molar-refractivity contribution in [2.75, 3.05) is 0 Å². The Labute approximate surface area is 104 Å². The van der Waals surface area contributed by atoms with Crippen molar-refractivity contribution in [2.45, 2.75) is 25.3 Å². The van der Waals surface area contributed by atoms with Gasteiger partial charge in [-0.1, -0.05) is 12.1 Å². The zero-order valence-electron chi connectivity index (χ0n) is 9.56. The molecule has 0 saturated carbocycles. The molecule has 0 aliphatic rings. The molecule has 1 aromatic rings. The van der Waals surface area contributed by atoms with Crippen molar-refractivity contribution in [1.82, 2.24) is 5.32 Å². The van der Waals surface area contributed by atoms with Gasteiger partial charge in [0.25, 0.3) is 0 Å². The maximum Gasteiger partial charge on any atom is 0.471 e. The molecular formula is C11H9F6NO. The van der Waals surface area contributed by atoms with E-state index >= 15 is 0 Å². The number of halogens is 6. The fourth-order valence-corrected chi connectivity index (χ4v) is 1.32.